The van der Waals surface area contributed by atoms with E-state index in [1.165, 1.54) is 104 Å². The lowest BCUT2D eigenvalue weighted by atomic mass is 9.79. The molecular weight excluding hydrogens is 705 g/mol. The first-order valence-corrected chi connectivity index (χ1v) is 22.5. The van der Waals surface area contributed by atoms with Crippen LogP contribution in [-0.2, 0) is 21.7 Å². The van der Waals surface area contributed by atoms with Crippen LogP contribution >= 0.6 is 0 Å². The van der Waals surface area contributed by atoms with Crippen LogP contribution in [0.25, 0.3) is 50.5 Å². The summed E-state index contributed by atoms with van der Waals surface area (Å²) in [6.07, 6.45) is 14.0. The average molecular weight is 777 g/mol. The molecule has 0 fully saturated rings. The molecule has 6 rings (SSSR count). The summed E-state index contributed by atoms with van der Waals surface area (Å²) in [4.78, 5) is 15.9. The van der Waals surface area contributed by atoms with Gasteiger partial charge in [0.15, 0.2) is 11.6 Å². The molecule has 0 aliphatic heterocycles. The summed E-state index contributed by atoms with van der Waals surface area (Å²) in [6, 6.07) is 31.9. The van der Waals surface area contributed by atoms with Crippen molar-refractivity contribution < 1.29 is 0 Å². The minimum atomic E-state index is 0.0176. The van der Waals surface area contributed by atoms with Crippen molar-refractivity contribution in [2.24, 2.45) is 0 Å². The van der Waals surface area contributed by atoms with Crippen molar-refractivity contribution in [1.82, 2.24) is 19.5 Å². The van der Waals surface area contributed by atoms with Crippen LogP contribution in [0.15, 0.2) is 84.9 Å². The summed E-state index contributed by atoms with van der Waals surface area (Å²) in [5, 5.41) is 2.45. The zero-order chi connectivity index (χ0) is 41.9. The molecule has 4 nitrogen and oxygen atoms in total. The van der Waals surface area contributed by atoms with Gasteiger partial charge in [-0.05, 0) is 81.0 Å². The Morgan fingerprint density at radius 3 is 1.16 bits per heavy atom. The SMILES string of the molecule is CCCCCCCC(C)(C)c1ccc(-c2nc(-c3ccc(C(C)(C)CCCCCC)cc3)nc(-n3c4ccc(C(C)(C)C)cc4c4cc(C(C)(C)C)ccc43)n2)cc1. The molecule has 0 bridgehead atoms. The van der Waals surface area contributed by atoms with Crippen molar-refractivity contribution in [2.75, 3.05) is 0 Å². The van der Waals surface area contributed by atoms with Crippen molar-refractivity contribution in [1.29, 1.82) is 0 Å². The quantitative estimate of drug-likeness (QED) is 0.0920. The number of unbranched alkanes of at least 4 members (excludes halogenated alkanes) is 7. The summed E-state index contributed by atoms with van der Waals surface area (Å²) in [5.41, 5.74) is 9.81. The van der Waals surface area contributed by atoms with E-state index >= 15 is 0 Å². The molecule has 4 aromatic carbocycles. The molecule has 0 aliphatic rings. The van der Waals surface area contributed by atoms with E-state index in [1.54, 1.807) is 0 Å². The summed E-state index contributed by atoms with van der Waals surface area (Å²) >= 11 is 0. The molecule has 0 radical (unpaired) electrons. The minimum absolute atomic E-state index is 0.0176. The maximum Gasteiger partial charge on any atom is 0.238 e. The lowest BCUT2D eigenvalue weighted by molar-refractivity contribution is 0.444. The molecular formula is C54H72N4. The Morgan fingerprint density at radius 2 is 0.776 bits per heavy atom. The second-order valence-corrected chi connectivity index (χ2v) is 20.5. The molecule has 2 heterocycles. The highest BCUT2D eigenvalue weighted by Crippen LogP contribution is 2.38. The zero-order valence-electron chi connectivity index (χ0n) is 38.1. The lowest BCUT2D eigenvalue weighted by Gasteiger charge is -2.26. The monoisotopic (exact) mass is 777 g/mol. The van der Waals surface area contributed by atoms with E-state index in [2.05, 4.69) is 173 Å². The van der Waals surface area contributed by atoms with Crippen molar-refractivity contribution in [3.05, 3.63) is 107 Å². The maximum atomic E-state index is 5.33. The van der Waals surface area contributed by atoms with Gasteiger partial charge in [0.05, 0.1) is 11.0 Å². The predicted molar refractivity (Wildman–Crippen MR) is 251 cm³/mol. The van der Waals surface area contributed by atoms with Crippen molar-refractivity contribution in [3.63, 3.8) is 0 Å². The highest BCUT2D eigenvalue weighted by molar-refractivity contribution is 6.09. The van der Waals surface area contributed by atoms with E-state index in [0.29, 0.717) is 17.6 Å². The molecule has 0 unspecified atom stereocenters. The summed E-state index contributed by atoms with van der Waals surface area (Å²) in [6.45, 7) is 27.8. The zero-order valence-corrected chi connectivity index (χ0v) is 38.1. The van der Waals surface area contributed by atoms with E-state index in [9.17, 15) is 0 Å². The van der Waals surface area contributed by atoms with Gasteiger partial charge in [0.25, 0.3) is 0 Å². The molecule has 0 N–H and O–H groups in total. The van der Waals surface area contributed by atoms with Gasteiger partial charge in [-0.3, -0.25) is 4.57 Å². The number of hydrogen-bond acceptors (Lipinski definition) is 3. The van der Waals surface area contributed by atoms with Gasteiger partial charge in [-0.1, -0.05) is 202 Å². The second kappa shape index (κ2) is 17.5. The van der Waals surface area contributed by atoms with Gasteiger partial charge in [0.2, 0.25) is 5.95 Å². The number of nitrogens with zero attached hydrogens (tertiary/aromatic N) is 4. The fourth-order valence-corrected chi connectivity index (χ4v) is 8.49. The molecule has 58 heavy (non-hydrogen) atoms. The highest BCUT2D eigenvalue weighted by Gasteiger charge is 2.25. The Morgan fingerprint density at radius 1 is 0.414 bits per heavy atom. The second-order valence-electron chi connectivity index (χ2n) is 20.5. The molecule has 308 valence electrons. The first-order chi connectivity index (χ1) is 27.4. The van der Waals surface area contributed by atoms with Crippen LogP contribution < -0.4 is 0 Å². The van der Waals surface area contributed by atoms with Crippen LogP contribution in [0, 0.1) is 0 Å². The van der Waals surface area contributed by atoms with Gasteiger partial charge in [-0.25, -0.2) is 4.98 Å². The first-order valence-electron chi connectivity index (χ1n) is 22.5. The van der Waals surface area contributed by atoms with Crippen LogP contribution in [0.3, 0.4) is 0 Å². The highest BCUT2D eigenvalue weighted by atomic mass is 15.2. The smallest absolute Gasteiger partial charge is 0.238 e. The molecule has 2 aromatic heterocycles. The molecule has 0 aliphatic carbocycles. The predicted octanol–water partition coefficient (Wildman–Crippen LogP) is 15.8. The fourth-order valence-electron chi connectivity index (χ4n) is 8.49. The molecule has 0 saturated carbocycles. The van der Waals surface area contributed by atoms with Gasteiger partial charge in [0, 0.05) is 21.9 Å². The first kappa shape index (κ1) is 43.3. The number of aromatic nitrogens is 4. The molecule has 0 saturated heterocycles. The summed E-state index contributed by atoms with van der Waals surface area (Å²) in [7, 11) is 0. The Labute approximate surface area is 351 Å². The van der Waals surface area contributed by atoms with Crippen LogP contribution in [0.1, 0.15) is 176 Å². The topological polar surface area (TPSA) is 43.6 Å². The van der Waals surface area contributed by atoms with Gasteiger partial charge in [0.1, 0.15) is 0 Å². The van der Waals surface area contributed by atoms with Crippen molar-refractivity contribution in [3.8, 4) is 28.7 Å². The Hall–Kier alpha value is -4.31. The van der Waals surface area contributed by atoms with Crippen LogP contribution in [0.5, 0.6) is 0 Å². The maximum absolute atomic E-state index is 5.33. The molecule has 0 spiro atoms. The largest absolute Gasteiger partial charge is 0.278 e. The average Bonchev–Trinajstić information content (AvgIpc) is 3.52. The van der Waals surface area contributed by atoms with Crippen LogP contribution in [0.4, 0.5) is 0 Å². The van der Waals surface area contributed by atoms with E-state index < -0.39 is 0 Å². The van der Waals surface area contributed by atoms with Gasteiger partial charge in [-0.2, -0.15) is 9.97 Å². The number of benzene rings is 4. The standard InChI is InChI=1S/C54H72N4/c1-13-15-17-19-21-35-54(11,12)41-28-24-39(25-29-41)49-55-48(38-22-26-40(27-23-38)53(9,10)34-20-18-16-14-2)56-50(57-49)58-46-32-30-42(51(3,4)5)36-44(46)45-37-43(52(6,7)8)31-33-47(45)58/h22-33,36-37H,13-21,34-35H2,1-12H3. The third kappa shape index (κ3) is 9.75. The van der Waals surface area contributed by atoms with E-state index in [4.69, 9.17) is 15.0 Å². The normalized spacial score (nSPS) is 12.9. The third-order valence-electron chi connectivity index (χ3n) is 12.7. The molecule has 0 atom stereocenters. The molecule has 4 heteroatoms. The lowest BCUT2D eigenvalue weighted by Crippen LogP contribution is -2.17. The van der Waals surface area contributed by atoms with Gasteiger partial charge >= 0.3 is 0 Å². The van der Waals surface area contributed by atoms with Gasteiger partial charge < -0.3 is 0 Å². The molecule has 6 aromatic rings. The minimum Gasteiger partial charge on any atom is -0.278 e. The van der Waals surface area contributed by atoms with E-state index in [1.807, 2.05) is 0 Å². The van der Waals surface area contributed by atoms with E-state index in [0.717, 1.165) is 22.2 Å². The van der Waals surface area contributed by atoms with Crippen LogP contribution in [-0.4, -0.2) is 19.5 Å². The Balaban J connectivity index is 1.49. The summed E-state index contributed by atoms with van der Waals surface area (Å²) < 4.78 is 2.27. The Bertz CT molecular complexity index is 2220. The molecule has 0 amide bonds. The van der Waals surface area contributed by atoms with E-state index in [-0.39, 0.29) is 21.7 Å². The van der Waals surface area contributed by atoms with Crippen molar-refractivity contribution in [2.45, 2.75) is 175 Å². The number of rotatable bonds is 16. The number of fused-ring (bicyclic) bond motifs is 3. The van der Waals surface area contributed by atoms with Crippen molar-refractivity contribution >= 4 is 21.8 Å². The van der Waals surface area contributed by atoms with Crippen LogP contribution in [0.2, 0.25) is 0 Å². The number of hydrogen-bond donors (Lipinski definition) is 0. The fraction of sp³-hybridized carbons (Fsp3) is 0.500. The van der Waals surface area contributed by atoms with Gasteiger partial charge in [-0.15, -0.1) is 0 Å². The third-order valence-corrected chi connectivity index (χ3v) is 12.7. The summed E-state index contributed by atoms with van der Waals surface area (Å²) in [5.74, 6) is 2.03. The Kier molecular flexibility index (Phi) is 13.1.